The van der Waals surface area contributed by atoms with Crippen LogP contribution >= 0.6 is 0 Å². The average Bonchev–Trinajstić information content (AvgIpc) is 2.55. The molecule has 1 heterocycles. The molecule has 0 bridgehead atoms. The van der Waals surface area contributed by atoms with Crippen molar-refractivity contribution in [2.75, 3.05) is 12.4 Å². The highest BCUT2D eigenvalue weighted by Gasteiger charge is 2.17. The quantitative estimate of drug-likeness (QED) is 0.818. The molecule has 1 unspecified atom stereocenters. The van der Waals surface area contributed by atoms with Crippen LogP contribution in [-0.4, -0.2) is 34.2 Å². The highest BCUT2D eigenvalue weighted by atomic mass is 16.5. The molecular formula is C16H19N3O3. The zero-order chi connectivity index (χ0) is 15.9. The molecule has 22 heavy (non-hydrogen) atoms. The minimum Gasteiger partial charge on any atom is -0.497 e. The Hall–Kier alpha value is -2.63. The van der Waals surface area contributed by atoms with Crippen molar-refractivity contribution in [3.05, 3.63) is 36.5 Å². The number of nitrogens with one attached hydrogen (secondary N) is 1. The van der Waals surface area contributed by atoms with Gasteiger partial charge in [0.2, 0.25) is 5.95 Å². The largest absolute Gasteiger partial charge is 0.497 e. The smallest absolute Gasteiger partial charge is 0.326 e. The molecule has 0 saturated heterocycles. The fourth-order valence-electron chi connectivity index (χ4n) is 2.05. The van der Waals surface area contributed by atoms with Gasteiger partial charge in [0, 0.05) is 11.8 Å². The molecule has 0 radical (unpaired) electrons. The Morgan fingerprint density at radius 2 is 2.05 bits per heavy atom. The summed E-state index contributed by atoms with van der Waals surface area (Å²) in [6.45, 7) is 1.94. The van der Waals surface area contributed by atoms with Gasteiger partial charge in [-0.2, -0.15) is 0 Å². The zero-order valence-electron chi connectivity index (χ0n) is 12.6. The molecule has 0 aliphatic rings. The second-order valence-corrected chi connectivity index (χ2v) is 4.82. The predicted molar refractivity (Wildman–Crippen MR) is 84.0 cm³/mol. The molecule has 6 nitrogen and oxygen atoms in total. The van der Waals surface area contributed by atoms with Gasteiger partial charge < -0.3 is 15.2 Å². The van der Waals surface area contributed by atoms with Crippen LogP contribution in [0.3, 0.4) is 0 Å². The van der Waals surface area contributed by atoms with E-state index in [0.29, 0.717) is 12.4 Å². The molecule has 6 heteroatoms. The van der Waals surface area contributed by atoms with Crippen LogP contribution in [0.15, 0.2) is 36.5 Å². The van der Waals surface area contributed by atoms with Crippen LogP contribution in [0.1, 0.15) is 19.8 Å². The van der Waals surface area contributed by atoms with Gasteiger partial charge in [0.05, 0.1) is 12.8 Å². The first-order valence-electron chi connectivity index (χ1n) is 7.11. The number of anilines is 1. The van der Waals surface area contributed by atoms with E-state index in [2.05, 4.69) is 15.3 Å². The molecular weight excluding hydrogens is 282 g/mol. The highest BCUT2D eigenvalue weighted by molar-refractivity contribution is 5.76. The first kappa shape index (κ1) is 15.8. The lowest BCUT2D eigenvalue weighted by Gasteiger charge is -2.13. The van der Waals surface area contributed by atoms with Crippen LogP contribution in [0.2, 0.25) is 0 Å². The third-order valence-corrected chi connectivity index (χ3v) is 3.22. The number of benzene rings is 1. The van der Waals surface area contributed by atoms with Gasteiger partial charge >= 0.3 is 5.97 Å². The molecule has 0 fully saturated rings. The van der Waals surface area contributed by atoms with Crippen LogP contribution in [0.5, 0.6) is 5.75 Å². The van der Waals surface area contributed by atoms with E-state index < -0.39 is 12.0 Å². The zero-order valence-corrected chi connectivity index (χ0v) is 12.6. The molecule has 0 aliphatic carbocycles. The van der Waals surface area contributed by atoms with Crippen molar-refractivity contribution in [3.8, 4) is 17.0 Å². The van der Waals surface area contributed by atoms with E-state index in [0.717, 1.165) is 23.4 Å². The van der Waals surface area contributed by atoms with E-state index >= 15 is 0 Å². The summed E-state index contributed by atoms with van der Waals surface area (Å²) >= 11 is 0. The lowest BCUT2D eigenvalue weighted by molar-refractivity contribution is -0.138. The second-order valence-electron chi connectivity index (χ2n) is 4.82. The number of hydrogen-bond donors (Lipinski definition) is 2. The predicted octanol–water partition coefficient (Wildman–Crippen LogP) is 2.82. The Bertz CT molecular complexity index is 629. The van der Waals surface area contributed by atoms with Crippen molar-refractivity contribution >= 4 is 11.9 Å². The van der Waals surface area contributed by atoms with Crippen molar-refractivity contribution in [2.24, 2.45) is 0 Å². The van der Waals surface area contributed by atoms with Gasteiger partial charge in [0.1, 0.15) is 11.8 Å². The molecule has 116 valence electrons. The van der Waals surface area contributed by atoms with Crippen LogP contribution in [0, 0.1) is 0 Å². The molecule has 2 N–H and O–H groups in total. The first-order chi connectivity index (χ1) is 10.6. The van der Waals surface area contributed by atoms with Crippen LogP contribution in [0.4, 0.5) is 5.95 Å². The maximum Gasteiger partial charge on any atom is 0.326 e. The average molecular weight is 301 g/mol. The minimum atomic E-state index is -0.902. The summed E-state index contributed by atoms with van der Waals surface area (Å²) in [5, 5.41) is 12.0. The normalized spacial score (nSPS) is 11.7. The van der Waals surface area contributed by atoms with Crippen molar-refractivity contribution in [2.45, 2.75) is 25.8 Å². The molecule has 2 rings (SSSR count). The van der Waals surface area contributed by atoms with Gasteiger partial charge in [0.25, 0.3) is 0 Å². The Morgan fingerprint density at radius 1 is 1.32 bits per heavy atom. The van der Waals surface area contributed by atoms with Gasteiger partial charge in [-0.25, -0.2) is 14.8 Å². The standard InChI is InChI=1S/C16H19N3O3/c1-3-4-14(15(20)21)19-16-17-10-9-13(18-16)11-5-7-12(22-2)8-6-11/h5-10,14H,3-4H2,1-2H3,(H,20,21)(H,17,18,19). The molecule has 1 atom stereocenters. The monoisotopic (exact) mass is 301 g/mol. The van der Waals surface area contributed by atoms with Crippen molar-refractivity contribution in [1.29, 1.82) is 0 Å². The summed E-state index contributed by atoms with van der Waals surface area (Å²) in [5.74, 6) is 0.180. The number of aliphatic carboxylic acids is 1. The highest BCUT2D eigenvalue weighted by Crippen LogP contribution is 2.21. The van der Waals surface area contributed by atoms with E-state index in [1.165, 1.54) is 0 Å². The van der Waals surface area contributed by atoms with Crippen LogP contribution in [0.25, 0.3) is 11.3 Å². The molecule has 0 saturated carbocycles. The first-order valence-corrected chi connectivity index (χ1v) is 7.11. The number of aromatic nitrogens is 2. The molecule has 2 aromatic rings. The van der Waals surface area contributed by atoms with E-state index in [4.69, 9.17) is 4.74 Å². The van der Waals surface area contributed by atoms with Crippen molar-refractivity contribution < 1.29 is 14.6 Å². The Balaban J connectivity index is 2.19. The molecule has 1 aromatic carbocycles. The number of carbonyl (C=O) groups is 1. The van der Waals surface area contributed by atoms with Gasteiger partial charge in [-0.3, -0.25) is 0 Å². The third kappa shape index (κ3) is 3.94. The van der Waals surface area contributed by atoms with E-state index in [1.807, 2.05) is 31.2 Å². The number of ether oxygens (including phenoxy) is 1. The maximum absolute atomic E-state index is 11.2. The number of carboxylic acids is 1. The summed E-state index contributed by atoms with van der Waals surface area (Å²) in [6, 6.07) is 8.58. The summed E-state index contributed by atoms with van der Waals surface area (Å²) in [5.41, 5.74) is 1.63. The number of carboxylic acid groups (broad SMARTS) is 1. The summed E-state index contributed by atoms with van der Waals surface area (Å²) < 4.78 is 5.12. The Kier molecular flexibility index (Phi) is 5.30. The van der Waals surface area contributed by atoms with Gasteiger partial charge in [-0.15, -0.1) is 0 Å². The lowest BCUT2D eigenvalue weighted by Crippen LogP contribution is -2.29. The van der Waals surface area contributed by atoms with Crippen molar-refractivity contribution in [3.63, 3.8) is 0 Å². The maximum atomic E-state index is 11.2. The fraction of sp³-hybridized carbons (Fsp3) is 0.312. The summed E-state index contributed by atoms with van der Waals surface area (Å²) in [7, 11) is 1.61. The SMILES string of the molecule is CCCC(Nc1nccc(-c2ccc(OC)cc2)n1)C(=O)O. The topological polar surface area (TPSA) is 84.3 Å². The Morgan fingerprint density at radius 3 is 2.64 bits per heavy atom. The molecule has 0 aliphatic heterocycles. The summed E-state index contributed by atoms with van der Waals surface area (Å²) in [6.07, 6.45) is 2.90. The van der Waals surface area contributed by atoms with E-state index in [-0.39, 0.29) is 0 Å². The van der Waals surface area contributed by atoms with Gasteiger partial charge in [-0.1, -0.05) is 13.3 Å². The van der Waals surface area contributed by atoms with Gasteiger partial charge in [-0.05, 0) is 36.8 Å². The molecule has 0 spiro atoms. The molecule has 0 amide bonds. The van der Waals surface area contributed by atoms with Gasteiger partial charge in [0.15, 0.2) is 0 Å². The van der Waals surface area contributed by atoms with Crippen molar-refractivity contribution in [1.82, 2.24) is 9.97 Å². The van der Waals surface area contributed by atoms with E-state index in [9.17, 15) is 9.90 Å². The molecule has 1 aromatic heterocycles. The number of nitrogens with zero attached hydrogens (tertiary/aromatic N) is 2. The van der Waals surface area contributed by atoms with Crippen LogP contribution < -0.4 is 10.1 Å². The minimum absolute atomic E-state index is 0.314. The van der Waals surface area contributed by atoms with E-state index in [1.54, 1.807) is 19.4 Å². The number of hydrogen-bond acceptors (Lipinski definition) is 5. The summed E-state index contributed by atoms with van der Waals surface area (Å²) in [4.78, 5) is 19.7. The lowest BCUT2D eigenvalue weighted by atomic mass is 10.1. The third-order valence-electron chi connectivity index (χ3n) is 3.22. The Labute approximate surface area is 129 Å². The van der Waals surface area contributed by atoms with Crippen LogP contribution in [-0.2, 0) is 4.79 Å². The fourth-order valence-corrected chi connectivity index (χ4v) is 2.05. The number of methoxy groups -OCH3 is 1. The number of rotatable bonds is 7. The second kappa shape index (κ2) is 7.40.